The normalized spacial score (nSPS) is 17.4. The van der Waals surface area contributed by atoms with E-state index >= 15 is 0 Å². The topological polar surface area (TPSA) is 75.4 Å². The summed E-state index contributed by atoms with van der Waals surface area (Å²) in [5.41, 5.74) is 5.84. The second kappa shape index (κ2) is 5.57. The van der Waals surface area contributed by atoms with Crippen LogP contribution in [0.1, 0.15) is 36.0 Å². The first kappa shape index (κ1) is 13.8. The smallest absolute Gasteiger partial charge is 0.253 e. The summed E-state index contributed by atoms with van der Waals surface area (Å²) in [4.78, 5) is 12.0. The minimum Gasteiger partial charge on any atom is -0.398 e. The van der Waals surface area contributed by atoms with E-state index in [4.69, 9.17) is 5.73 Å². The Kier molecular flexibility index (Phi) is 4.04. The summed E-state index contributed by atoms with van der Waals surface area (Å²) in [6.07, 6.45) is 3.95. The molecular weight excluding hydrogens is 247 g/mol. The molecule has 1 amide bonds. The summed E-state index contributed by atoms with van der Waals surface area (Å²) in [5, 5.41) is 12.2. The van der Waals surface area contributed by atoms with Crippen molar-refractivity contribution in [1.82, 2.24) is 5.32 Å². The highest BCUT2D eigenvalue weighted by atomic mass is 19.1. The molecule has 4 nitrogen and oxygen atoms in total. The minimum absolute atomic E-state index is 0.0614. The van der Waals surface area contributed by atoms with Crippen molar-refractivity contribution < 1.29 is 14.3 Å². The van der Waals surface area contributed by atoms with E-state index in [1.54, 1.807) is 0 Å². The van der Waals surface area contributed by atoms with E-state index in [1.807, 2.05) is 0 Å². The van der Waals surface area contributed by atoms with Crippen LogP contribution in [0.4, 0.5) is 10.1 Å². The van der Waals surface area contributed by atoms with Gasteiger partial charge in [-0.15, -0.1) is 0 Å². The molecule has 0 spiro atoms. The lowest BCUT2D eigenvalue weighted by atomic mass is 9.87. The molecule has 0 atom stereocenters. The lowest BCUT2D eigenvalue weighted by Gasteiger charge is -2.26. The molecule has 0 aromatic heterocycles. The van der Waals surface area contributed by atoms with Crippen molar-refractivity contribution >= 4 is 11.6 Å². The summed E-state index contributed by atoms with van der Waals surface area (Å²) < 4.78 is 13.1. The van der Waals surface area contributed by atoms with E-state index in [2.05, 4.69) is 5.32 Å². The highest BCUT2D eigenvalue weighted by molar-refractivity contribution is 5.99. The van der Waals surface area contributed by atoms with E-state index in [0.717, 1.165) is 31.7 Å². The van der Waals surface area contributed by atoms with Crippen LogP contribution in [0.25, 0.3) is 0 Å². The number of aliphatic hydroxyl groups excluding tert-OH is 1. The molecule has 104 valence electrons. The molecule has 5 heteroatoms. The van der Waals surface area contributed by atoms with Crippen molar-refractivity contribution in [2.75, 3.05) is 18.9 Å². The molecule has 1 aromatic carbocycles. The van der Waals surface area contributed by atoms with Crippen molar-refractivity contribution in [3.8, 4) is 0 Å². The Morgan fingerprint density at radius 1 is 1.42 bits per heavy atom. The van der Waals surface area contributed by atoms with E-state index in [0.29, 0.717) is 6.54 Å². The molecule has 1 aliphatic rings. The fourth-order valence-corrected chi connectivity index (χ4v) is 2.60. The Bertz CT molecular complexity index is 471. The van der Waals surface area contributed by atoms with Gasteiger partial charge < -0.3 is 16.2 Å². The van der Waals surface area contributed by atoms with Gasteiger partial charge in [-0.2, -0.15) is 0 Å². The summed E-state index contributed by atoms with van der Waals surface area (Å²) >= 11 is 0. The van der Waals surface area contributed by atoms with Gasteiger partial charge in [-0.05, 0) is 31.0 Å². The predicted octanol–water partition coefficient (Wildman–Crippen LogP) is 1.69. The second-order valence-electron chi connectivity index (χ2n) is 5.28. The molecule has 0 heterocycles. The van der Waals surface area contributed by atoms with Crippen LogP contribution in [0.2, 0.25) is 0 Å². The maximum Gasteiger partial charge on any atom is 0.253 e. The number of nitrogen functional groups attached to an aromatic ring is 1. The third-order valence-electron chi connectivity index (χ3n) is 3.88. The average molecular weight is 266 g/mol. The maximum absolute atomic E-state index is 13.1. The minimum atomic E-state index is -0.489. The Balaban J connectivity index is 2.03. The number of carbonyl (C=O) groups excluding carboxylic acids is 1. The van der Waals surface area contributed by atoms with Gasteiger partial charge in [0.15, 0.2) is 0 Å². The molecule has 1 saturated carbocycles. The SMILES string of the molecule is Nc1ccc(F)cc1C(=O)NCC1(CO)CCCC1. The third-order valence-corrected chi connectivity index (χ3v) is 3.88. The van der Waals surface area contributed by atoms with Crippen LogP contribution in [-0.4, -0.2) is 24.2 Å². The van der Waals surface area contributed by atoms with Crippen LogP contribution < -0.4 is 11.1 Å². The lowest BCUT2D eigenvalue weighted by molar-refractivity contribution is 0.0881. The first-order valence-corrected chi connectivity index (χ1v) is 6.50. The molecule has 0 unspecified atom stereocenters. The van der Waals surface area contributed by atoms with Gasteiger partial charge >= 0.3 is 0 Å². The van der Waals surface area contributed by atoms with Crippen molar-refractivity contribution in [1.29, 1.82) is 0 Å². The van der Waals surface area contributed by atoms with Gasteiger partial charge in [-0.3, -0.25) is 4.79 Å². The predicted molar refractivity (Wildman–Crippen MR) is 71.1 cm³/mol. The summed E-state index contributed by atoms with van der Waals surface area (Å²) in [6.45, 7) is 0.462. The Morgan fingerprint density at radius 3 is 2.74 bits per heavy atom. The average Bonchev–Trinajstić information content (AvgIpc) is 2.88. The summed E-state index contributed by atoms with van der Waals surface area (Å²) in [6, 6.07) is 3.73. The first-order valence-electron chi connectivity index (χ1n) is 6.50. The van der Waals surface area contributed by atoms with Gasteiger partial charge in [-0.1, -0.05) is 12.8 Å². The molecule has 1 fully saturated rings. The number of nitrogens with one attached hydrogen (secondary N) is 1. The van der Waals surface area contributed by atoms with Crippen molar-refractivity contribution in [3.05, 3.63) is 29.6 Å². The highest BCUT2D eigenvalue weighted by Crippen LogP contribution is 2.36. The van der Waals surface area contributed by atoms with E-state index < -0.39 is 11.7 Å². The number of anilines is 1. The molecule has 0 aliphatic heterocycles. The number of hydrogen-bond acceptors (Lipinski definition) is 3. The van der Waals surface area contributed by atoms with Gasteiger partial charge in [0.25, 0.3) is 5.91 Å². The monoisotopic (exact) mass is 266 g/mol. The molecular formula is C14H19FN2O2. The molecule has 0 bridgehead atoms. The lowest BCUT2D eigenvalue weighted by Crippen LogP contribution is -2.38. The molecule has 0 saturated heterocycles. The fourth-order valence-electron chi connectivity index (χ4n) is 2.60. The van der Waals surface area contributed by atoms with Gasteiger partial charge in [0.05, 0.1) is 12.2 Å². The van der Waals surface area contributed by atoms with Crippen LogP contribution in [-0.2, 0) is 0 Å². The molecule has 1 aliphatic carbocycles. The maximum atomic E-state index is 13.1. The molecule has 1 aromatic rings. The van der Waals surface area contributed by atoms with Gasteiger partial charge in [0.1, 0.15) is 5.82 Å². The largest absolute Gasteiger partial charge is 0.398 e. The number of benzene rings is 1. The number of aliphatic hydroxyl groups is 1. The van der Waals surface area contributed by atoms with Crippen molar-refractivity contribution in [2.45, 2.75) is 25.7 Å². The number of amides is 1. The van der Waals surface area contributed by atoms with Gasteiger partial charge in [-0.25, -0.2) is 4.39 Å². The van der Waals surface area contributed by atoms with Gasteiger partial charge in [0, 0.05) is 17.6 Å². The molecule has 0 radical (unpaired) electrons. The number of carbonyl (C=O) groups is 1. The Labute approximate surface area is 111 Å². The fraction of sp³-hybridized carbons (Fsp3) is 0.500. The van der Waals surface area contributed by atoms with Crippen LogP contribution in [0.5, 0.6) is 0 Å². The van der Waals surface area contributed by atoms with Gasteiger partial charge in [0.2, 0.25) is 0 Å². The van der Waals surface area contributed by atoms with Crippen molar-refractivity contribution in [3.63, 3.8) is 0 Å². The van der Waals surface area contributed by atoms with E-state index in [-0.39, 0.29) is 23.3 Å². The Morgan fingerprint density at radius 2 is 2.11 bits per heavy atom. The van der Waals surface area contributed by atoms with Crippen LogP contribution >= 0.6 is 0 Å². The Hall–Kier alpha value is -1.62. The van der Waals surface area contributed by atoms with E-state index in [9.17, 15) is 14.3 Å². The zero-order valence-electron chi connectivity index (χ0n) is 10.8. The van der Waals surface area contributed by atoms with Crippen LogP contribution in [0.3, 0.4) is 0 Å². The number of hydrogen-bond donors (Lipinski definition) is 3. The molecule has 19 heavy (non-hydrogen) atoms. The summed E-state index contributed by atoms with van der Waals surface area (Å²) in [7, 11) is 0. The second-order valence-corrected chi connectivity index (χ2v) is 5.28. The summed E-state index contributed by atoms with van der Waals surface area (Å²) in [5.74, 6) is -0.881. The number of halogens is 1. The molecule has 4 N–H and O–H groups in total. The zero-order chi connectivity index (χ0) is 13.9. The zero-order valence-corrected chi connectivity index (χ0v) is 10.8. The van der Waals surface area contributed by atoms with Crippen LogP contribution in [0, 0.1) is 11.2 Å². The first-order chi connectivity index (χ1) is 9.06. The highest BCUT2D eigenvalue weighted by Gasteiger charge is 2.33. The van der Waals surface area contributed by atoms with E-state index in [1.165, 1.54) is 12.1 Å². The van der Waals surface area contributed by atoms with Crippen LogP contribution in [0.15, 0.2) is 18.2 Å². The quantitative estimate of drug-likeness (QED) is 0.726. The number of rotatable bonds is 4. The third kappa shape index (κ3) is 3.04. The van der Waals surface area contributed by atoms with Crippen molar-refractivity contribution in [2.24, 2.45) is 5.41 Å². The molecule has 2 rings (SSSR count). The standard InChI is InChI=1S/C14H19FN2O2/c15-10-3-4-12(16)11(7-10)13(19)17-8-14(9-18)5-1-2-6-14/h3-4,7,18H,1-2,5-6,8-9,16H2,(H,17,19). The number of nitrogens with two attached hydrogens (primary N) is 1.